The molecule has 64 heavy (non-hydrogen) atoms. The van der Waals surface area contributed by atoms with Gasteiger partial charge in [-0.25, -0.2) is 34.1 Å². The number of hydrogen-bond acceptors (Lipinski definition) is 16. The van der Waals surface area contributed by atoms with E-state index in [1.54, 1.807) is 6.07 Å². The molecule has 6 amide bonds. The van der Waals surface area contributed by atoms with Crippen LogP contribution in [0.15, 0.2) is 37.1 Å². The van der Waals surface area contributed by atoms with Gasteiger partial charge in [-0.3, -0.25) is 32.9 Å². The number of aliphatic carboxylic acids is 4. The summed E-state index contributed by atoms with van der Waals surface area (Å²) in [7, 11) is 1.00. The van der Waals surface area contributed by atoms with Gasteiger partial charge in [-0.15, -0.1) is 0 Å². The zero-order chi connectivity index (χ0) is 49.6. The summed E-state index contributed by atoms with van der Waals surface area (Å²) in [4.78, 5) is 137. The Balaban J connectivity index is -0.000000467. The van der Waals surface area contributed by atoms with Crippen LogP contribution < -0.4 is 31.9 Å². The van der Waals surface area contributed by atoms with Crippen molar-refractivity contribution in [2.45, 2.75) is 76.3 Å². The fourth-order valence-electron chi connectivity index (χ4n) is 4.13. The molecule has 28 heteroatoms. The molecule has 0 aromatic carbocycles. The van der Waals surface area contributed by atoms with E-state index in [-0.39, 0.29) is 61.3 Å². The lowest BCUT2D eigenvalue weighted by Crippen LogP contribution is -2.46. The van der Waals surface area contributed by atoms with Gasteiger partial charge in [0, 0.05) is 63.8 Å². The molecule has 0 saturated heterocycles. The summed E-state index contributed by atoms with van der Waals surface area (Å²) in [5.74, 6) is -5.39. The zero-order valence-corrected chi connectivity index (χ0v) is 34.8. The second kappa shape index (κ2) is 44.7. The van der Waals surface area contributed by atoms with E-state index in [2.05, 4.69) is 51.8 Å². The Morgan fingerprint density at radius 1 is 0.547 bits per heavy atom. The van der Waals surface area contributed by atoms with E-state index in [1.807, 2.05) is 0 Å². The van der Waals surface area contributed by atoms with Gasteiger partial charge in [0.1, 0.15) is 17.8 Å². The van der Waals surface area contributed by atoms with Crippen LogP contribution in [0.4, 0.5) is 18.4 Å². The van der Waals surface area contributed by atoms with Crippen molar-refractivity contribution in [2.75, 3.05) is 40.5 Å². The van der Waals surface area contributed by atoms with Crippen molar-refractivity contribution >= 4 is 60.1 Å². The first-order valence-electron chi connectivity index (χ1n) is 18.4. The molecule has 0 radical (unpaired) electrons. The van der Waals surface area contributed by atoms with Crippen molar-refractivity contribution in [3.05, 3.63) is 48.6 Å². The fourth-order valence-corrected chi connectivity index (χ4v) is 4.13. The number of hydrogen-bond donors (Lipinski definition) is 10. The number of nitrogens with zero attached hydrogens (tertiary/aromatic N) is 4. The van der Waals surface area contributed by atoms with Crippen molar-refractivity contribution in [3.63, 3.8) is 0 Å². The van der Waals surface area contributed by atoms with Crippen LogP contribution in [-0.4, -0.2) is 153 Å². The van der Waals surface area contributed by atoms with E-state index >= 15 is 0 Å². The number of amides is 6. The van der Waals surface area contributed by atoms with Gasteiger partial charge in [-0.05, 0) is 57.4 Å². The first-order chi connectivity index (χ1) is 30.6. The van der Waals surface area contributed by atoms with Gasteiger partial charge >= 0.3 is 48.2 Å². The van der Waals surface area contributed by atoms with Crippen molar-refractivity contribution in [1.82, 2.24) is 51.8 Å². The molecule has 0 bridgehead atoms. The summed E-state index contributed by atoms with van der Waals surface area (Å²) >= 11 is 0. The quantitative estimate of drug-likeness (QED) is 0.0619. The number of nitrogens with one attached hydrogen (secondary N) is 6. The minimum Gasteiger partial charge on any atom is -0.481 e. The van der Waals surface area contributed by atoms with Gasteiger partial charge in [0.05, 0.1) is 20.6 Å². The number of unbranched alkanes of at least 4 members (excludes halogenated alkanes) is 4. The highest BCUT2D eigenvalue weighted by atomic mass is 18.2. The molecule has 0 aliphatic rings. The maximum absolute atomic E-state index is 11.7. The number of carboxylic acids is 4. The number of rotatable bonds is 24. The maximum atomic E-state index is 11.7. The lowest BCUT2D eigenvalue weighted by atomic mass is 10.1. The van der Waals surface area contributed by atoms with Crippen molar-refractivity contribution in [2.24, 2.45) is 0 Å². The molecule has 26 nitrogen and oxygen atoms in total. The average molecular weight is 917 g/mol. The van der Waals surface area contributed by atoms with E-state index in [1.165, 1.54) is 31.0 Å². The largest absolute Gasteiger partial charge is 0.481 e. The van der Waals surface area contributed by atoms with Crippen LogP contribution in [-0.2, 0) is 38.4 Å². The van der Waals surface area contributed by atoms with Gasteiger partial charge in [0.15, 0.2) is 0 Å². The monoisotopic (exact) mass is 916 g/mol. The smallest absolute Gasteiger partial charge is 0.373 e. The van der Waals surface area contributed by atoms with Crippen LogP contribution >= 0.6 is 0 Å². The summed E-state index contributed by atoms with van der Waals surface area (Å²) in [5.41, 5.74) is 0.242. The minimum atomic E-state index is -1.29. The second-order valence-corrected chi connectivity index (χ2v) is 11.4. The van der Waals surface area contributed by atoms with Gasteiger partial charge in [0.25, 0.3) is 11.8 Å². The number of urea groups is 2. The zero-order valence-electron chi connectivity index (χ0n) is 34.8. The molecule has 2 rings (SSSR count). The molecule has 2 aromatic heterocycles. The molecule has 0 aliphatic heterocycles. The molecule has 0 saturated carbocycles. The standard InChI is InChI=1S/2C16H23N5O6.2CH3F.2CO2/c22-12(23)6-5-11(15(25)26)21-16(27)20-8-3-1-2-7-19-14(24)13-17-9-4-10-18-13;22-13(23)5-4-11(15(25)26)21-16(27)20-7-3-1-2-6-19-14(24)12-10-17-8-9-18-12;2*1-2;2*2-1-3/h4,9-11H,1-3,5-8H2,(H,19,24)(H,22,23)(H,25,26)(H2,20,21,27);8-11H,1-7H2,(H,19,24)(H,22,23)(H,25,26)(H2,20,21,27);2*1H3;;/t2*11-;;;;/m00..../s1/i;;2*2-1;;. The number of halogens is 2. The SMILES string of the molecule is C[18F].C[18F].O=C(O)CC[C@H](NC(=O)NCCCCCNC(=O)c1cnccn1)C(=O)O.O=C(O)CC[C@H](NC(=O)NCCCCCNC(=O)c1ncccn1)C(=O)O.O=C=O.O=C=O. The molecular formula is C36H52F2N10O16. The van der Waals surface area contributed by atoms with Crippen molar-refractivity contribution in [1.29, 1.82) is 0 Å². The molecule has 0 spiro atoms. The molecule has 2 atom stereocenters. The van der Waals surface area contributed by atoms with Gasteiger partial charge in [0.2, 0.25) is 5.82 Å². The highest BCUT2D eigenvalue weighted by molar-refractivity contribution is 5.92. The Bertz CT molecular complexity index is 1580. The summed E-state index contributed by atoms with van der Waals surface area (Å²) in [6.45, 7) is 1.56. The highest BCUT2D eigenvalue weighted by Crippen LogP contribution is 2.00. The summed E-state index contributed by atoms with van der Waals surface area (Å²) < 4.78 is 19.0. The Morgan fingerprint density at radius 3 is 1.27 bits per heavy atom. The topological polar surface area (TPSA) is 409 Å². The summed E-state index contributed by atoms with van der Waals surface area (Å²) in [6, 6.07) is -2.22. The van der Waals surface area contributed by atoms with E-state index in [9.17, 15) is 47.1 Å². The summed E-state index contributed by atoms with van der Waals surface area (Å²) in [6.07, 6.45) is 10.8. The molecule has 2 heterocycles. The van der Waals surface area contributed by atoms with Crippen molar-refractivity contribution < 1.29 is 86.7 Å². The third-order valence-electron chi connectivity index (χ3n) is 6.91. The minimum absolute atomic E-state index is 0.103. The third-order valence-corrected chi connectivity index (χ3v) is 6.91. The number of carbonyl (C=O) groups excluding carboxylic acids is 8. The molecule has 2 aromatic rings. The van der Waals surface area contributed by atoms with Gasteiger partial charge in [-0.1, -0.05) is 0 Å². The predicted molar refractivity (Wildman–Crippen MR) is 210 cm³/mol. The van der Waals surface area contributed by atoms with Crippen LogP contribution in [0.1, 0.15) is 85.3 Å². The molecule has 356 valence electrons. The Morgan fingerprint density at radius 2 is 0.922 bits per heavy atom. The van der Waals surface area contributed by atoms with E-state index in [0.717, 1.165) is 12.8 Å². The highest BCUT2D eigenvalue weighted by Gasteiger charge is 2.21. The Hall–Kier alpha value is -7.86. The number of alkyl halides is 2. The Labute approximate surface area is 363 Å². The van der Waals surface area contributed by atoms with Crippen LogP contribution in [0, 0.1) is 0 Å². The fraction of sp³-hybridized carbons (Fsp3) is 0.500. The van der Waals surface area contributed by atoms with Crippen LogP contribution in [0.3, 0.4) is 0 Å². The molecule has 0 aliphatic carbocycles. The number of carboxylic acid groups (broad SMARTS) is 4. The van der Waals surface area contributed by atoms with E-state index in [4.69, 9.17) is 39.6 Å². The molecule has 10 N–H and O–H groups in total. The first-order valence-corrected chi connectivity index (χ1v) is 18.4. The molecule has 0 unspecified atom stereocenters. The maximum Gasteiger partial charge on any atom is 0.373 e. The molecular weight excluding hydrogens is 864 g/mol. The van der Waals surface area contributed by atoms with Gasteiger partial charge in [-0.2, -0.15) is 19.2 Å². The lowest BCUT2D eigenvalue weighted by molar-refractivity contribution is -0.193. The summed E-state index contributed by atoms with van der Waals surface area (Å²) in [5, 5.41) is 49.9. The third kappa shape index (κ3) is 39.6. The van der Waals surface area contributed by atoms with Gasteiger partial charge < -0.3 is 52.3 Å². The van der Waals surface area contributed by atoms with Crippen molar-refractivity contribution in [3.8, 4) is 0 Å². The molecule has 0 fully saturated rings. The predicted octanol–water partition coefficient (Wildman–Crippen LogP) is -0.00780. The van der Waals surface area contributed by atoms with Crippen LogP contribution in [0.2, 0.25) is 0 Å². The number of carbonyl (C=O) groups is 8. The average Bonchev–Trinajstić information content (AvgIpc) is 3.28. The van der Waals surface area contributed by atoms with E-state index in [0.29, 0.717) is 66.2 Å². The second-order valence-electron chi connectivity index (χ2n) is 11.4. The van der Waals surface area contributed by atoms with Crippen LogP contribution in [0.5, 0.6) is 0 Å². The normalized spacial score (nSPS) is 9.94. The first kappa shape index (κ1) is 62.8. The lowest BCUT2D eigenvalue weighted by Gasteiger charge is -2.14. The van der Waals surface area contributed by atoms with E-state index < -0.39 is 48.0 Å². The van der Waals surface area contributed by atoms with Crippen LogP contribution in [0.25, 0.3) is 0 Å². The number of aromatic nitrogens is 4. The Kier molecular flexibility index (Phi) is 43.8.